The number of halogens is 14. The molecule has 0 radical (unpaired) electrons. The Labute approximate surface area is 418 Å². The fourth-order valence-electron chi connectivity index (χ4n) is 9.42. The molecule has 6 aromatic rings. The minimum atomic E-state index is -5.39. The van der Waals surface area contributed by atoms with Crippen LogP contribution in [0.5, 0.6) is 0 Å². The van der Waals surface area contributed by atoms with Crippen LogP contribution in [-0.2, 0) is 56.8 Å². The number of hydrogen-bond acceptors (Lipinski definition) is 0. The van der Waals surface area contributed by atoms with Crippen molar-refractivity contribution in [2.24, 2.45) is 0 Å². The van der Waals surface area contributed by atoms with Crippen LogP contribution in [0.3, 0.4) is 0 Å². The van der Waals surface area contributed by atoms with Gasteiger partial charge in [0.1, 0.15) is 0 Å². The van der Waals surface area contributed by atoms with Gasteiger partial charge in [-0.1, -0.05) is 0 Å². The molecule has 0 bridgehead atoms. The summed E-state index contributed by atoms with van der Waals surface area (Å²) in [5.41, 5.74) is -1.85. The van der Waals surface area contributed by atoms with E-state index in [1.165, 1.54) is 0 Å². The van der Waals surface area contributed by atoms with E-state index in [1.54, 1.807) is 18.2 Å². The summed E-state index contributed by atoms with van der Waals surface area (Å²) in [6.07, 6.45) is -16.4. The average Bonchev–Trinajstić information content (AvgIpc) is 3.89. The van der Waals surface area contributed by atoms with Gasteiger partial charge in [-0.2, -0.15) is 0 Å². The third kappa shape index (κ3) is 10.9. The number of rotatable bonds is 6. The fourth-order valence-corrected chi connectivity index (χ4v) is 18.3. The van der Waals surface area contributed by atoms with Crippen molar-refractivity contribution in [2.45, 2.75) is 87.1 Å². The Bertz CT molecular complexity index is 2790. The van der Waals surface area contributed by atoms with Crippen molar-refractivity contribution in [3.05, 3.63) is 198 Å². The first-order valence-corrected chi connectivity index (χ1v) is 25.6. The zero-order valence-corrected chi connectivity index (χ0v) is 42.3. The SMILES string of the molecule is CC(C)(C)c1cc2c(cc1-c1ccccc1)[CH]([Zr+2]([C]1=CC=CC1)=[C](c1cc(C(F)(F)F)cc(C(F)(F)F)c1)c1cc(C(F)(F)F)cc(C(F)(F)F)c1)c1cc(-c3ccccc3)c(C(C)(C)C)cc1-2.[Cl-].[Cl-]. The summed E-state index contributed by atoms with van der Waals surface area (Å²) in [4.78, 5) is 0. The van der Waals surface area contributed by atoms with Crippen LogP contribution in [0.15, 0.2) is 143 Å². The van der Waals surface area contributed by atoms with Gasteiger partial charge in [-0.15, -0.1) is 0 Å². The van der Waals surface area contributed by atoms with E-state index in [1.807, 2.05) is 126 Å². The topological polar surface area (TPSA) is 0 Å². The van der Waals surface area contributed by atoms with Crippen LogP contribution in [-0.4, -0.2) is 3.21 Å². The predicted octanol–water partition coefficient (Wildman–Crippen LogP) is 11.5. The molecule has 0 saturated carbocycles. The number of alkyl halides is 12. The Kier molecular flexibility index (Phi) is 15.1. The molecule has 0 aliphatic heterocycles. The van der Waals surface area contributed by atoms with Crippen LogP contribution >= 0.6 is 0 Å². The minimum absolute atomic E-state index is 0. The van der Waals surface area contributed by atoms with Crippen molar-refractivity contribution < 1.29 is 98.8 Å². The van der Waals surface area contributed by atoms with Crippen LogP contribution in [0.1, 0.15) is 107 Å². The maximum Gasteiger partial charge on any atom is -1.00 e. The van der Waals surface area contributed by atoms with Crippen LogP contribution in [0, 0.1) is 0 Å². The summed E-state index contributed by atoms with van der Waals surface area (Å²) in [5, 5.41) is 0. The van der Waals surface area contributed by atoms with Crippen molar-refractivity contribution in [3.63, 3.8) is 0 Å². The van der Waals surface area contributed by atoms with E-state index in [9.17, 15) is 52.7 Å². The van der Waals surface area contributed by atoms with Gasteiger partial charge >= 0.3 is 396 Å². The Morgan fingerprint density at radius 3 is 1.07 bits per heavy atom. The molecule has 70 heavy (non-hydrogen) atoms. The zero-order valence-electron chi connectivity index (χ0n) is 38.4. The molecule has 0 spiro atoms. The molecular weight excluding hydrogens is 1050 g/mol. The number of hydrogen-bond donors (Lipinski definition) is 0. The molecule has 0 saturated heterocycles. The van der Waals surface area contributed by atoms with Gasteiger partial charge in [-0.25, -0.2) is 0 Å². The summed E-state index contributed by atoms with van der Waals surface area (Å²) in [6.45, 7) is 12.2. The molecule has 8 rings (SSSR count). The quantitative estimate of drug-likeness (QED) is 0.146. The molecule has 0 heterocycles. The third-order valence-electron chi connectivity index (χ3n) is 12.5. The third-order valence-corrected chi connectivity index (χ3v) is 20.8. The second-order valence-electron chi connectivity index (χ2n) is 19.3. The van der Waals surface area contributed by atoms with E-state index in [0.29, 0.717) is 49.8 Å². The standard InChI is InChI=1S/C33H33.C17H6F12.C5H5.2ClH.Zr/c1-32(2,3)30-20-26-24(18-28(30)22-13-9-7-10-14-22)17-25-19-29(23-15-11-8-12-16-23)31(21-27(25)26)33(4,5)6;18-14(19,20)10-2-8(3-11(6-10)15(21,22)23)1-9-4-12(16(24,25)26)7-13(5-9)17(27,28)29;1-2-4-5-3-1;;;/h7-21H,1-6H3;2-7H;1-3H,4H2;2*1H;/q;;;;;+2/p-2. The number of fused-ring (bicyclic) bond motifs is 3. The molecule has 0 N–H and O–H groups in total. The summed E-state index contributed by atoms with van der Waals surface area (Å²) < 4.78 is 177. The average molecular weight is 1100 g/mol. The predicted molar refractivity (Wildman–Crippen MR) is 240 cm³/mol. The molecule has 0 unspecified atom stereocenters. The van der Waals surface area contributed by atoms with Gasteiger partial charge in [0.15, 0.2) is 0 Å². The van der Waals surface area contributed by atoms with E-state index in [4.69, 9.17) is 0 Å². The maximum atomic E-state index is 14.8. The molecule has 0 amide bonds. The maximum absolute atomic E-state index is 14.8. The van der Waals surface area contributed by atoms with Crippen molar-refractivity contribution >= 4 is 3.21 Å². The van der Waals surface area contributed by atoms with Gasteiger partial charge in [0.05, 0.1) is 0 Å². The van der Waals surface area contributed by atoms with Gasteiger partial charge in [-0.05, 0) is 0 Å². The van der Waals surface area contributed by atoms with E-state index < -0.39 is 93.8 Å². The molecule has 6 aromatic carbocycles. The molecule has 2 aliphatic rings. The molecule has 366 valence electrons. The van der Waals surface area contributed by atoms with Gasteiger partial charge in [-0.3, -0.25) is 0 Å². The summed E-state index contributed by atoms with van der Waals surface area (Å²) in [6, 6.07) is 28.3. The Morgan fingerprint density at radius 1 is 0.443 bits per heavy atom. The number of allylic oxidation sites excluding steroid dienone is 4. The summed E-state index contributed by atoms with van der Waals surface area (Å²) >= 11 is -4.75. The first kappa shape index (κ1) is 54.6. The first-order chi connectivity index (χ1) is 31.5. The Hall–Kier alpha value is -4.71. The van der Waals surface area contributed by atoms with Crippen LogP contribution < -0.4 is 24.8 Å². The second-order valence-corrected chi connectivity index (χ2v) is 25.6. The van der Waals surface area contributed by atoms with Gasteiger partial charge in [0, 0.05) is 0 Å². The largest absolute Gasteiger partial charge is 1.00 e. The first-order valence-electron chi connectivity index (χ1n) is 21.7. The van der Waals surface area contributed by atoms with E-state index in [-0.39, 0.29) is 46.6 Å². The molecular formula is C55H44Cl2F12Zr. The van der Waals surface area contributed by atoms with Crippen LogP contribution in [0.25, 0.3) is 33.4 Å². The van der Waals surface area contributed by atoms with Crippen LogP contribution in [0.2, 0.25) is 0 Å². The summed E-state index contributed by atoms with van der Waals surface area (Å²) in [5.74, 6) is 0. The number of benzene rings is 6. The van der Waals surface area contributed by atoms with Crippen LogP contribution in [0.4, 0.5) is 52.7 Å². The Morgan fingerprint density at radius 2 is 0.786 bits per heavy atom. The van der Waals surface area contributed by atoms with E-state index >= 15 is 0 Å². The molecule has 0 aromatic heterocycles. The fraction of sp³-hybridized carbons (Fsp3) is 0.255. The normalized spacial score (nSPS) is 14.0. The zero-order chi connectivity index (χ0) is 49.5. The molecule has 0 fully saturated rings. The summed E-state index contributed by atoms with van der Waals surface area (Å²) in [7, 11) is 0. The molecule has 15 heteroatoms. The van der Waals surface area contributed by atoms with Gasteiger partial charge < -0.3 is 24.8 Å². The molecule has 0 nitrogen and oxygen atoms in total. The van der Waals surface area contributed by atoms with Crippen molar-refractivity contribution in [2.75, 3.05) is 0 Å². The molecule has 2 aliphatic carbocycles. The van der Waals surface area contributed by atoms with Gasteiger partial charge in [0.2, 0.25) is 0 Å². The van der Waals surface area contributed by atoms with E-state index in [0.717, 1.165) is 33.4 Å². The monoisotopic (exact) mass is 1090 g/mol. The second kappa shape index (κ2) is 19.4. The van der Waals surface area contributed by atoms with Crippen molar-refractivity contribution in [3.8, 4) is 33.4 Å². The molecule has 0 atom stereocenters. The van der Waals surface area contributed by atoms with Crippen molar-refractivity contribution in [1.29, 1.82) is 0 Å². The smallest absolute Gasteiger partial charge is 1.00 e. The van der Waals surface area contributed by atoms with Gasteiger partial charge in [0.25, 0.3) is 0 Å². The minimum Gasteiger partial charge on any atom is -1.00 e. The van der Waals surface area contributed by atoms with E-state index in [2.05, 4.69) is 0 Å². The Balaban J connectivity index is 0.00000402. The van der Waals surface area contributed by atoms with Crippen molar-refractivity contribution in [1.82, 2.24) is 0 Å².